The molecule has 0 amide bonds. The molecule has 6 heteroatoms. The maximum atomic E-state index is 4.09. The molecular formula is C28H24Br2N4. The molecule has 0 saturated carbocycles. The summed E-state index contributed by atoms with van der Waals surface area (Å²) in [7, 11) is 0. The highest BCUT2D eigenvalue weighted by molar-refractivity contribution is 5.62. The topological polar surface area (TPSA) is 33.5 Å². The fourth-order valence-corrected chi connectivity index (χ4v) is 3.77. The van der Waals surface area contributed by atoms with E-state index in [1.807, 2.05) is 49.1 Å². The van der Waals surface area contributed by atoms with Gasteiger partial charge in [-0.1, -0.05) is 24.3 Å². The van der Waals surface area contributed by atoms with E-state index in [0.29, 0.717) is 0 Å². The Labute approximate surface area is 221 Å². The van der Waals surface area contributed by atoms with Gasteiger partial charge in [-0.05, 0) is 46.5 Å². The number of benzene rings is 1. The molecule has 4 heterocycles. The minimum Gasteiger partial charge on any atom is -1.00 e. The number of rotatable bonds is 6. The predicted octanol–water partition coefficient (Wildman–Crippen LogP) is -1.51. The number of pyridine rings is 4. The number of nitrogens with zero attached hydrogens (tertiary/aromatic N) is 4. The monoisotopic (exact) mass is 574 g/mol. The standard InChI is InChI=1S/C28H24N4.2BrH/c1-2-24(22-32-19-11-28(12-20-32)26-7-15-30-16-8-26)4-3-23(1)21-31-17-9-27(10-18-31)25-5-13-29-14-6-25;;/h1-20H,21-22H2;2*1H/q+2;;/p-2. The van der Waals surface area contributed by atoms with Crippen LogP contribution in [0, 0.1) is 0 Å². The van der Waals surface area contributed by atoms with Gasteiger partial charge in [-0.15, -0.1) is 0 Å². The van der Waals surface area contributed by atoms with Crippen molar-refractivity contribution < 1.29 is 43.1 Å². The summed E-state index contributed by atoms with van der Waals surface area (Å²) in [6.07, 6.45) is 15.8. The van der Waals surface area contributed by atoms with Crippen LogP contribution in [0.1, 0.15) is 11.1 Å². The van der Waals surface area contributed by atoms with Crippen LogP contribution < -0.4 is 43.1 Å². The van der Waals surface area contributed by atoms with E-state index in [-0.39, 0.29) is 34.0 Å². The van der Waals surface area contributed by atoms with E-state index < -0.39 is 0 Å². The van der Waals surface area contributed by atoms with Gasteiger partial charge in [0.25, 0.3) is 0 Å². The minimum atomic E-state index is 0. The van der Waals surface area contributed by atoms with Crippen molar-refractivity contribution in [3.63, 3.8) is 0 Å². The highest BCUT2D eigenvalue weighted by Gasteiger charge is 2.07. The quantitative estimate of drug-likeness (QED) is 0.231. The van der Waals surface area contributed by atoms with E-state index in [1.165, 1.54) is 33.4 Å². The van der Waals surface area contributed by atoms with Gasteiger partial charge in [0.1, 0.15) is 0 Å². The third kappa shape index (κ3) is 6.43. The van der Waals surface area contributed by atoms with E-state index in [1.54, 1.807) is 0 Å². The number of aromatic nitrogens is 4. The Balaban J connectivity index is 0.00000162. The summed E-state index contributed by atoms with van der Waals surface area (Å²) in [6, 6.07) is 25.6. The SMILES string of the molecule is [Br-].[Br-].c1cc(-c2cc[n+](Cc3ccc(C[n+]4ccc(-c5ccncc5)cc4)cc3)cc2)ccn1. The van der Waals surface area contributed by atoms with Crippen molar-refractivity contribution in [2.45, 2.75) is 13.1 Å². The summed E-state index contributed by atoms with van der Waals surface area (Å²) in [5.74, 6) is 0. The molecule has 170 valence electrons. The summed E-state index contributed by atoms with van der Waals surface area (Å²) in [5.41, 5.74) is 7.34. The largest absolute Gasteiger partial charge is 1.00 e. The van der Waals surface area contributed by atoms with Crippen LogP contribution in [0.25, 0.3) is 22.3 Å². The zero-order valence-electron chi connectivity index (χ0n) is 18.5. The van der Waals surface area contributed by atoms with Crippen molar-refractivity contribution in [3.05, 3.63) is 133 Å². The minimum absolute atomic E-state index is 0. The van der Waals surface area contributed by atoms with Crippen LogP contribution in [0.2, 0.25) is 0 Å². The lowest BCUT2D eigenvalue weighted by Crippen LogP contribution is -3.00. The van der Waals surface area contributed by atoms with Gasteiger partial charge < -0.3 is 34.0 Å². The van der Waals surface area contributed by atoms with Gasteiger partial charge in [-0.2, -0.15) is 0 Å². The molecule has 0 unspecified atom stereocenters. The molecule has 0 N–H and O–H groups in total. The van der Waals surface area contributed by atoms with Crippen LogP contribution in [0.4, 0.5) is 0 Å². The van der Waals surface area contributed by atoms with Crippen molar-refractivity contribution in [2.75, 3.05) is 0 Å². The zero-order chi connectivity index (χ0) is 21.6. The fraction of sp³-hybridized carbons (Fsp3) is 0.0714. The lowest BCUT2D eigenvalue weighted by atomic mass is 10.1. The molecule has 0 aliphatic rings. The summed E-state index contributed by atoms with van der Waals surface area (Å²) < 4.78 is 4.40. The van der Waals surface area contributed by atoms with E-state index in [0.717, 1.165) is 13.1 Å². The van der Waals surface area contributed by atoms with Crippen molar-refractivity contribution in [2.24, 2.45) is 0 Å². The second kappa shape index (κ2) is 12.3. The molecule has 5 aromatic rings. The Hall–Kier alpha value is -3.22. The average Bonchev–Trinajstić information content (AvgIpc) is 2.87. The molecule has 0 atom stereocenters. The van der Waals surface area contributed by atoms with Gasteiger partial charge in [0.2, 0.25) is 0 Å². The molecule has 0 radical (unpaired) electrons. The van der Waals surface area contributed by atoms with Gasteiger partial charge in [0.15, 0.2) is 37.9 Å². The molecule has 4 aromatic heterocycles. The first kappa shape index (κ1) is 25.4. The second-order valence-electron chi connectivity index (χ2n) is 7.81. The van der Waals surface area contributed by atoms with Crippen molar-refractivity contribution in [3.8, 4) is 22.3 Å². The second-order valence-corrected chi connectivity index (χ2v) is 7.81. The molecular weight excluding hydrogens is 552 g/mol. The van der Waals surface area contributed by atoms with Gasteiger partial charge >= 0.3 is 0 Å². The van der Waals surface area contributed by atoms with Crippen LogP contribution in [-0.4, -0.2) is 9.97 Å². The lowest BCUT2D eigenvalue weighted by Gasteiger charge is -2.03. The average molecular weight is 576 g/mol. The van der Waals surface area contributed by atoms with Gasteiger partial charge in [-0.25, -0.2) is 9.13 Å². The zero-order valence-corrected chi connectivity index (χ0v) is 21.7. The first-order valence-electron chi connectivity index (χ1n) is 10.7. The van der Waals surface area contributed by atoms with E-state index in [9.17, 15) is 0 Å². The molecule has 0 aliphatic heterocycles. The first-order valence-corrected chi connectivity index (χ1v) is 10.7. The smallest absolute Gasteiger partial charge is 0.173 e. The molecule has 0 bridgehead atoms. The van der Waals surface area contributed by atoms with E-state index in [4.69, 9.17) is 0 Å². The van der Waals surface area contributed by atoms with Crippen LogP contribution in [0.5, 0.6) is 0 Å². The molecule has 0 spiro atoms. The highest BCUT2D eigenvalue weighted by atomic mass is 79.9. The van der Waals surface area contributed by atoms with E-state index in [2.05, 4.69) is 92.4 Å². The normalized spacial score (nSPS) is 10.1. The number of hydrogen-bond donors (Lipinski definition) is 0. The van der Waals surface area contributed by atoms with Crippen molar-refractivity contribution in [1.29, 1.82) is 0 Å². The molecule has 5 rings (SSSR count). The van der Waals surface area contributed by atoms with Crippen LogP contribution in [-0.2, 0) is 13.1 Å². The first-order chi connectivity index (χ1) is 15.8. The molecule has 0 fully saturated rings. The summed E-state index contributed by atoms with van der Waals surface area (Å²) in [6.45, 7) is 1.70. The highest BCUT2D eigenvalue weighted by Crippen LogP contribution is 2.17. The maximum Gasteiger partial charge on any atom is 0.173 e. The van der Waals surface area contributed by atoms with Crippen LogP contribution in [0.15, 0.2) is 122 Å². The molecule has 34 heavy (non-hydrogen) atoms. The Morgan fingerprint density at radius 2 is 0.706 bits per heavy atom. The molecule has 4 nitrogen and oxygen atoms in total. The summed E-state index contributed by atoms with van der Waals surface area (Å²) in [5, 5.41) is 0. The lowest BCUT2D eigenvalue weighted by molar-refractivity contribution is -0.688. The fourth-order valence-electron chi connectivity index (χ4n) is 3.77. The van der Waals surface area contributed by atoms with E-state index >= 15 is 0 Å². The Morgan fingerprint density at radius 3 is 1.03 bits per heavy atom. The summed E-state index contributed by atoms with van der Waals surface area (Å²) >= 11 is 0. The van der Waals surface area contributed by atoms with Crippen LogP contribution in [0.3, 0.4) is 0 Å². The Bertz CT molecular complexity index is 1170. The predicted molar refractivity (Wildman–Crippen MR) is 124 cm³/mol. The van der Waals surface area contributed by atoms with Gasteiger partial charge in [0, 0.05) is 60.2 Å². The Morgan fingerprint density at radius 1 is 0.412 bits per heavy atom. The van der Waals surface area contributed by atoms with Crippen molar-refractivity contribution in [1.82, 2.24) is 9.97 Å². The molecule has 0 saturated heterocycles. The maximum absolute atomic E-state index is 4.09. The van der Waals surface area contributed by atoms with Crippen molar-refractivity contribution >= 4 is 0 Å². The van der Waals surface area contributed by atoms with Crippen LogP contribution >= 0.6 is 0 Å². The third-order valence-electron chi connectivity index (χ3n) is 5.56. The summed E-state index contributed by atoms with van der Waals surface area (Å²) in [4.78, 5) is 8.17. The third-order valence-corrected chi connectivity index (χ3v) is 5.56. The molecule has 0 aliphatic carbocycles. The number of halogens is 2. The number of hydrogen-bond acceptors (Lipinski definition) is 2. The van der Waals surface area contributed by atoms with Gasteiger partial charge in [0.05, 0.1) is 0 Å². The molecule has 1 aromatic carbocycles. The van der Waals surface area contributed by atoms with Gasteiger partial charge in [-0.3, -0.25) is 9.97 Å². The Kier molecular flexibility index (Phi) is 9.19.